The van der Waals surface area contributed by atoms with Crippen molar-refractivity contribution < 1.29 is 23.9 Å². The fraction of sp³-hybridized carbons (Fsp3) is 0.308. The molecule has 8 rings (SSSR count). The van der Waals surface area contributed by atoms with E-state index in [0.29, 0.717) is 16.9 Å². The van der Waals surface area contributed by atoms with E-state index in [2.05, 4.69) is 20.2 Å². The molecule has 3 aromatic carbocycles. The Labute approximate surface area is 309 Å². The van der Waals surface area contributed by atoms with Crippen molar-refractivity contribution in [3.63, 3.8) is 0 Å². The number of piperidine rings is 2. The Morgan fingerprint density at radius 1 is 0.887 bits per heavy atom. The summed E-state index contributed by atoms with van der Waals surface area (Å²) >= 11 is 1.55. The van der Waals surface area contributed by atoms with E-state index in [4.69, 9.17) is 15.6 Å². The maximum atomic E-state index is 13.4. The molecule has 3 aliphatic rings. The molecule has 2 aromatic heterocycles. The molecule has 0 saturated carbocycles. The van der Waals surface area contributed by atoms with Crippen LogP contribution in [0.15, 0.2) is 84.0 Å². The van der Waals surface area contributed by atoms with Crippen LogP contribution in [0, 0.1) is 0 Å². The summed E-state index contributed by atoms with van der Waals surface area (Å²) in [5, 5.41) is 8.08. The number of amides is 4. The van der Waals surface area contributed by atoms with Crippen molar-refractivity contribution in [3.8, 4) is 22.8 Å². The standard InChI is InChI=1S/C39H38N8O5S/c40-35-33-34(24-13-15-27(16-14-24)52-26-9-2-1-3-10-26)44-47(36(33)42-23-41-35)25-8-7-20-45(22-25)19-4-5-21-53-30-12-6-11-28-32(30)39(51)46(38(28)50)29-17-18-31(48)43-37(29)49/h1-3,6,9-16,23,25,29H,4-5,7-8,17-22H2,(H2,40,41,42)(H,43,48,49)/t25-,29?/m1/s1. The van der Waals surface area contributed by atoms with Gasteiger partial charge in [-0.05, 0) is 99.5 Å². The largest absolute Gasteiger partial charge is 0.457 e. The first-order valence-electron chi connectivity index (χ1n) is 17.9. The monoisotopic (exact) mass is 730 g/mol. The molecule has 4 amide bonds. The lowest BCUT2D eigenvalue weighted by atomic mass is 10.0. The highest BCUT2D eigenvalue weighted by Crippen LogP contribution is 2.37. The maximum absolute atomic E-state index is 13.4. The van der Waals surface area contributed by atoms with Gasteiger partial charge in [-0.15, -0.1) is 11.8 Å². The van der Waals surface area contributed by atoms with Crippen LogP contribution in [0.2, 0.25) is 0 Å². The molecule has 0 aliphatic carbocycles. The number of nitrogens with two attached hydrogens (primary N) is 1. The van der Waals surface area contributed by atoms with Crippen LogP contribution in [0.1, 0.15) is 65.3 Å². The summed E-state index contributed by atoms with van der Waals surface area (Å²) < 4.78 is 8.01. The van der Waals surface area contributed by atoms with Gasteiger partial charge < -0.3 is 15.4 Å². The Balaban J connectivity index is 0.892. The maximum Gasteiger partial charge on any atom is 0.263 e. The number of ether oxygens (including phenoxy) is 1. The molecular formula is C39H38N8O5S. The third kappa shape index (κ3) is 6.87. The minimum Gasteiger partial charge on any atom is -0.457 e. The van der Waals surface area contributed by atoms with Gasteiger partial charge in [-0.1, -0.05) is 24.3 Å². The van der Waals surface area contributed by atoms with Crippen molar-refractivity contribution in [1.82, 2.24) is 34.9 Å². The number of carbonyl (C=O) groups is 4. The number of carbonyl (C=O) groups excluding carboxylic acids is 4. The van der Waals surface area contributed by atoms with E-state index in [0.717, 1.165) is 94.7 Å². The number of hydrogen-bond acceptors (Lipinski definition) is 11. The number of anilines is 1. The second kappa shape index (κ2) is 14.8. The molecule has 5 aromatic rings. The Bertz CT molecular complexity index is 2210. The number of hydrogen-bond donors (Lipinski definition) is 2. The second-order valence-corrected chi connectivity index (χ2v) is 14.6. The van der Waals surface area contributed by atoms with Gasteiger partial charge in [0.05, 0.1) is 22.6 Å². The molecule has 0 spiro atoms. The third-order valence-electron chi connectivity index (χ3n) is 10.0. The van der Waals surface area contributed by atoms with E-state index in [9.17, 15) is 19.2 Å². The summed E-state index contributed by atoms with van der Waals surface area (Å²) in [6.45, 7) is 2.74. The molecule has 3 aliphatic heterocycles. The predicted octanol–water partition coefficient (Wildman–Crippen LogP) is 5.48. The number of aromatic nitrogens is 4. The molecule has 13 nitrogen and oxygen atoms in total. The summed E-state index contributed by atoms with van der Waals surface area (Å²) in [7, 11) is 0. The molecule has 14 heteroatoms. The fourth-order valence-electron chi connectivity index (χ4n) is 7.42. The molecule has 1 unspecified atom stereocenters. The Morgan fingerprint density at radius 3 is 2.51 bits per heavy atom. The summed E-state index contributed by atoms with van der Waals surface area (Å²) in [6, 6.07) is 21.8. The van der Waals surface area contributed by atoms with Crippen LogP contribution >= 0.6 is 11.8 Å². The van der Waals surface area contributed by atoms with Crippen LogP contribution in [0.25, 0.3) is 22.3 Å². The van der Waals surface area contributed by atoms with Crippen LogP contribution in [0.4, 0.5) is 5.82 Å². The number of fused-ring (bicyclic) bond motifs is 2. The Morgan fingerprint density at radius 2 is 1.70 bits per heavy atom. The average molecular weight is 731 g/mol. The molecular weight excluding hydrogens is 693 g/mol. The average Bonchev–Trinajstić information content (AvgIpc) is 3.68. The number of likely N-dealkylation sites (tertiary alicyclic amines) is 1. The summed E-state index contributed by atoms with van der Waals surface area (Å²) in [6.07, 6.45) is 5.59. The lowest BCUT2D eigenvalue weighted by Crippen LogP contribution is -2.54. The number of nitrogens with zero attached hydrogens (tertiary/aromatic N) is 6. The number of para-hydroxylation sites is 1. The number of unbranched alkanes of at least 4 members (excludes halogenated alkanes) is 1. The lowest BCUT2D eigenvalue weighted by molar-refractivity contribution is -0.136. The highest BCUT2D eigenvalue weighted by molar-refractivity contribution is 7.99. The minimum absolute atomic E-state index is 0.0895. The zero-order valence-corrected chi connectivity index (χ0v) is 29.8. The Kier molecular flexibility index (Phi) is 9.63. The third-order valence-corrected chi connectivity index (χ3v) is 11.2. The number of rotatable bonds is 11. The second-order valence-electron chi connectivity index (χ2n) is 13.5. The van der Waals surface area contributed by atoms with Gasteiger partial charge in [-0.2, -0.15) is 5.10 Å². The smallest absolute Gasteiger partial charge is 0.263 e. The molecule has 2 atom stereocenters. The van der Waals surface area contributed by atoms with Gasteiger partial charge in [0.15, 0.2) is 5.65 Å². The van der Waals surface area contributed by atoms with Gasteiger partial charge in [-0.25, -0.2) is 14.6 Å². The molecule has 2 fully saturated rings. The highest BCUT2D eigenvalue weighted by Gasteiger charge is 2.45. The quantitative estimate of drug-likeness (QED) is 0.100. The summed E-state index contributed by atoms with van der Waals surface area (Å²) in [4.78, 5) is 63.9. The first-order valence-corrected chi connectivity index (χ1v) is 18.9. The predicted molar refractivity (Wildman–Crippen MR) is 199 cm³/mol. The van der Waals surface area contributed by atoms with E-state index in [1.54, 1.807) is 23.9 Å². The first-order chi connectivity index (χ1) is 25.9. The van der Waals surface area contributed by atoms with Crippen LogP contribution in [0.5, 0.6) is 11.5 Å². The van der Waals surface area contributed by atoms with Crippen molar-refractivity contribution >= 4 is 52.2 Å². The van der Waals surface area contributed by atoms with Crippen LogP contribution in [-0.2, 0) is 9.59 Å². The number of imide groups is 2. The van der Waals surface area contributed by atoms with E-state index in [1.165, 1.54) is 6.33 Å². The molecule has 2 saturated heterocycles. The van der Waals surface area contributed by atoms with E-state index in [-0.39, 0.29) is 18.9 Å². The number of nitrogen functional groups attached to an aromatic ring is 1. The number of benzene rings is 3. The van der Waals surface area contributed by atoms with Crippen molar-refractivity contribution in [1.29, 1.82) is 0 Å². The van der Waals surface area contributed by atoms with Gasteiger partial charge in [-0.3, -0.25) is 29.4 Å². The minimum atomic E-state index is -0.978. The van der Waals surface area contributed by atoms with Crippen LogP contribution in [0.3, 0.4) is 0 Å². The molecule has 5 heterocycles. The molecule has 0 radical (unpaired) electrons. The van der Waals surface area contributed by atoms with Gasteiger partial charge in [0.1, 0.15) is 35.4 Å². The zero-order valence-electron chi connectivity index (χ0n) is 28.9. The Hall–Kier alpha value is -5.60. The summed E-state index contributed by atoms with van der Waals surface area (Å²) in [5.74, 6) is 0.691. The number of thioether (sulfide) groups is 1. The SMILES string of the molecule is Nc1ncnc2c1c(-c1ccc(Oc3ccccc3)cc1)nn2[C@@H]1CCCN(CCCCSc2cccc3c2C(=O)N(C2CCC(=O)NC2=O)C3=O)C1. The van der Waals surface area contributed by atoms with Crippen LogP contribution < -0.4 is 15.8 Å². The van der Waals surface area contributed by atoms with Gasteiger partial charge >= 0.3 is 0 Å². The number of nitrogens with one attached hydrogen (secondary N) is 1. The van der Waals surface area contributed by atoms with E-state index >= 15 is 0 Å². The summed E-state index contributed by atoms with van der Waals surface area (Å²) in [5.41, 5.74) is 9.44. The molecule has 53 heavy (non-hydrogen) atoms. The topological polar surface area (TPSA) is 166 Å². The van der Waals surface area contributed by atoms with Crippen molar-refractivity contribution in [3.05, 3.63) is 90.3 Å². The van der Waals surface area contributed by atoms with Crippen molar-refractivity contribution in [2.45, 2.75) is 55.5 Å². The highest BCUT2D eigenvalue weighted by atomic mass is 32.2. The van der Waals surface area contributed by atoms with Gasteiger partial charge in [0, 0.05) is 23.4 Å². The molecule has 3 N–H and O–H groups in total. The normalized spacial score (nSPS) is 19.1. The van der Waals surface area contributed by atoms with E-state index in [1.807, 2.05) is 65.3 Å². The molecule has 0 bridgehead atoms. The van der Waals surface area contributed by atoms with Gasteiger partial charge in [0.25, 0.3) is 11.8 Å². The zero-order chi connectivity index (χ0) is 36.5. The lowest BCUT2D eigenvalue weighted by Gasteiger charge is -2.33. The van der Waals surface area contributed by atoms with E-state index < -0.39 is 29.7 Å². The van der Waals surface area contributed by atoms with Crippen molar-refractivity contribution in [2.24, 2.45) is 0 Å². The molecule has 270 valence electrons. The van der Waals surface area contributed by atoms with Crippen molar-refractivity contribution in [2.75, 3.05) is 31.1 Å². The first kappa shape index (κ1) is 34.5. The van der Waals surface area contributed by atoms with Gasteiger partial charge in [0.2, 0.25) is 11.8 Å². The van der Waals surface area contributed by atoms with Crippen LogP contribution in [-0.4, -0.2) is 84.6 Å². The fourth-order valence-corrected chi connectivity index (χ4v) is 8.50.